The first kappa shape index (κ1) is 19.2. The molecule has 1 N–H and O–H groups in total. The molecule has 0 aliphatic carbocycles. The van der Waals surface area contributed by atoms with E-state index in [1.54, 1.807) is 24.3 Å². The lowest BCUT2D eigenvalue weighted by molar-refractivity contribution is -0.127. The monoisotopic (exact) mass is 452 g/mol. The topological polar surface area (TPSA) is 66.5 Å². The van der Waals surface area contributed by atoms with Crippen LogP contribution in [0.1, 0.15) is 5.56 Å². The highest BCUT2D eigenvalue weighted by Gasteiger charge is 2.36. The van der Waals surface area contributed by atoms with Crippen molar-refractivity contribution in [3.05, 3.63) is 69.0 Å². The quantitative estimate of drug-likeness (QED) is 0.698. The Morgan fingerprint density at radius 1 is 1.19 bits per heavy atom. The minimum Gasteiger partial charge on any atom is -0.322 e. The molecule has 0 unspecified atom stereocenters. The van der Waals surface area contributed by atoms with Gasteiger partial charge < -0.3 is 5.32 Å². The maximum Gasteiger partial charge on any atom is 0.294 e. The van der Waals surface area contributed by atoms with E-state index >= 15 is 0 Å². The van der Waals surface area contributed by atoms with Crippen molar-refractivity contribution in [3.63, 3.8) is 0 Å². The van der Waals surface area contributed by atoms with E-state index in [1.165, 1.54) is 0 Å². The van der Waals surface area contributed by atoms with Gasteiger partial charge >= 0.3 is 0 Å². The first-order chi connectivity index (χ1) is 12.8. The molecule has 3 rings (SSSR count). The second kappa shape index (κ2) is 8.01. The number of benzene rings is 2. The lowest BCUT2D eigenvalue weighted by atomic mass is 10.2. The first-order valence-corrected chi connectivity index (χ1v) is 9.20. The van der Waals surface area contributed by atoms with Crippen molar-refractivity contribution >= 4 is 56.5 Å². The van der Waals surface area contributed by atoms with Crippen LogP contribution in [0.3, 0.4) is 0 Å². The molecule has 1 aliphatic heterocycles. The van der Waals surface area contributed by atoms with Gasteiger partial charge in [0.25, 0.3) is 11.1 Å². The van der Waals surface area contributed by atoms with Crippen LogP contribution in [0.15, 0.2) is 51.8 Å². The molecule has 27 heavy (non-hydrogen) atoms. The number of hydrogen-bond acceptors (Lipinski definition) is 4. The maximum atomic E-state index is 13.6. The molecular weight excluding hydrogens is 442 g/mol. The third-order valence-electron chi connectivity index (χ3n) is 3.53. The summed E-state index contributed by atoms with van der Waals surface area (Å²) in [7, 11) is 0. The number of amides is 3. The van der Waals surface area contributed by atoms with Gasteiger partial charge in [-0.3, -0.25) is 19.3 Å². The summed E-state index contributed by atoms with van der Waals surface area (Å²) >= 11 is 4.03. The summed E-state index contributed by atoms with van der Waals surface area (Å²) in [6.45, 7) is -0.572. The zero-order valence-electron chi connectivity index (χ0n) is 13.5. The van der Waals surface area contributed by atoms with Gasteiger partial charge in [-0.05, 0) is 47.7 Å². The van der Waals surface area contributed by atoms with Crippen LogP contribution in [-0.2, 0) is 9.59 Å². The van der Waals surface area contributed by atoms with Gasteiger partial charge in [0.2, 0.25) is 5.91 Å². The number of nitrogens with zero attached hydrogens (tertiary/aromatic N) is 1. The molecule has 2 aromatic rings. The summed E-state index contributed by atoms with van der Waals surface area (Å²) in [6.07, 6.45) is 1.55. The van der Waals surface area contributed by atoms with Gasteiger partial charge in [0.15, 0.2) is 0 Å². The van der Waals surface area contributed by atoms with Gasteiger partial charge in [-0.25, -0.2) is 8.78 Å². The Hall–Kier alpha value is -2.52. The maximum absolute atomic E-state index is 13.6. The van der Waals surface area contributed by atoms with Crippen molar-refractivity contribution in [2.75, 3.05) is 11.9 Å². The lowest BCUT2D eigenvalue weighted by Crippen LogP contribution is -2.36. The Kier molecular flexibility index (Phi) is 5.71. The fourth-order valence-electron chi connectivity index (χ4n) is 2.31. The van der Waals surface area contributed by atoms with Gasteiger partial charge in [0, 0.05) is 10.5 Å². The molecule has 0 radical (unpaired) electrons. The molecule has 0 atom stereocenters. The Bertz CT molecular complexity index is 981. The average Bonchev–Trinajstić information content (AvgIpc) is 2.85. The van der Waals surface area contributed by atoms with E-state index in [4.69, 9.17) is 0 Å². The highest BCUT2D eigenvalue weighted by Crippen LogP contribution is 2.32. The summed E-state index contributed by atoms with van der Waals surface area (Å²) in [5.41, 5.74) is 0.478. The number of carbonyl (C=O) groups is 3. The molecule has 5 nitrogen and oxygen atoms in total. The minimum atomic E-state index is -0.952. The second-order valence-electron chi connectivity index (χ2n) is 5.50. The van der Waals surface area contributed by atoms with Crippen molar-refractivity contribution in [2.24, 2.45) is 0 Å². The molecule has 0 saturated carbocycles. The molecule has 3 amide bonds. The molecular formula is C18H11BrF2N2O3S. The summed E-state index contributed by atoms with van der Waals surface area (Å²) in [4.78, 5) is 37.5. The molecule has 1 heterocycles. The van der Waals surface area contributed by atoms with Crippen LogP contribution < -0.4 is 5.32 Å². The second-order valence-corrected chi connectivity index (χ2v) is 7.40. The number of thioether (sulfide) groups is 1. The highest BCUT2D eigenvalue weighted by molar-refractivity contribution is 9.10. The van der Waals surface area contributed by atoms with E-state index in [-0.39, 0.29) is 10.6 Å². The third-order valence-corrected chi connectivity index (χ3v) is 4.93. The van der Waals surface area contributed by atoms with Crippen LogP contribution in [0.2, 0.25) is 0 Å². The zero-order valence-corrected chi connectivity index (χ0v) is 15.9. The predicted molar refractivity (Wildman–Crippen MR) is 102 cm³/mol. The van der Waals surface area contributed by atoms with Gasteiger partial charge in [-0.2, -0.15) is 0 Å². The Labute approximate surface area is 165 Å². The molecule has 0 bridgehead atoms. The molecule has 1 fully saturated rings. The summed E-state index contributed by atoms with van der Waals surface area (Å²) in [5.74, 6) is -3.12. The van der Waals surface area contributed by atoms with E-state index in [9.17, 15) is 23.2 Å². The first-order valence-electron chi connectivity index (χ1n) is 7.59. The van der Waals surface area contributed by atoms with Crippen molar-refractivity contribution in [1.82, 2.24) is 4.90 Å². The molecule has 138 valence electrons. The van der Waals surface area contributed by atoms with Crippen LogP contribution in [0.4, 0.5) is 19.3 Å². The van der Waals surface area contributed by atoms with Gasteiger partial charge in [0.1, 0.15) is 18.2 Å². The van der Waals surface area contributed by atoms with Crippen LogP contribution in [0.25, 0.3) is 6.08 Å². The van der Waals surface area contributed by atoms with Gasteiger partial charge in [-0.15, -0.1) is 0 Å². The van der Waals surface area contributed by atoms with Crippen molar-refractivity contribution in [1.29, 1.82) is 0 Å². The van der Waals surface area contributed by atoms with Crippen molar-refractivity contribution in [2.45, 2.75) is 0 Å². The summed E-state index contributed by atoms with van der Waals surface area (Å²) in [6, 6.07) is 9.81. The van der Waals surface area contributed by atoms with Crippen molar-refractivity contribution < 1.29 is 23.2 Å². The van der Waals surface area contributed by atoms with E-state index in [0.717, 1.165) is 21.5 Å². The van der Waals surface area contributed by atoms with Crippen LogP contribution >= 0.6 is 27.7 Å². The molecule has 2 aromatic carbocycles. The fourth-order valence-corrected chi connectivity index (χ4v) is 3.56. The molecule has 0 aromatic heterocycles. The minimum absolute atomic E-state index is 0.180. The number of carbonyl (C=O) groups excluding carboxylic acids is 3. The van der Waals surface area contributed by atoms with Crippen LogP contribution in [0.5, 0.6) is 0 Å². The lowest BCUT2D eigenvalue weighted by Gasteiger charge is -2.12. The van der Waals surface area contributed by atoms with E-state index in [2.05, 4.69) is 21.2 Å². The van der Waals surface area contributed by atoms with E-state index in [0.29, 0.717) is 23.4 Å². The Morgan fingerprint density at radius 2 is 1.96 bits per heavy atom. The number of halogens is 3. The standard InChI is InChI=1S/C18H11BrF2N2O3S/c19-11-3-1-2-10(6-11)7-15-17(25)23(18(26)27-15)9-16(24)22-14-5-4-12(20)8-13(14)21/h1-8H,9H2,(H,22,24)/b15-7+. The van der Waals surface area contributed by atoms with Crippen molar-refractivity contribution in [3.8, 4) is 0 Å². The molecule has 0 spiro atoms. The zero-order chi connectivity index (χ0) is 19.6. The Morgan fingerprint density at radius 3 is 2.67 bits per heavy atom. The van der Waals surface area contributed by atoms with E-state index in [1.807, 2.05) is 6.07 Å². The average molecular weight is 453 g/mol. The van der Waals surface area contributed by atoms with Crippen LogP contribution in [0, 0.1) is 11.6 Å². The highest BCUT2D eigenvalue weighted by atomic mass is 79.9. The molecule has 9 heteroatoms. The third kappa shape index (κ3) is 4.61. The normalized spacial score (nSPS) is 15.5. The number of anilines is 1. The van der Waals surface area contributed by atoms with Gasteiger partial charge in [0.05, 0.1) is 10.6 Å². The van der Waals surface area contributed by atoms with Crippen LogP contribution in [-0.4, -0.2) is 28.5 Å². The predicted octanol–water partition coefficient (Wildman–Crippen LogP) is 4.40. The molecule has 1 saturated heterocycles. The smallest absolute Gasteiger partial charge is 0.294 e. The largest absolute Gasteiger partial charge is 0.322 e. The summed E-state index contributed by atoms with van der Waals surface area (Å²) < 4.78 is 27.3. The number of nitrogens with one attached hydrogen (secondary N) is 1. The summed E-state index contributed by atoms with van der Waals surface area (Å²) in [5, 5.41) is 1.61. The number of rotatable bonds is 4. The number of imide groups is 1. The van der Waals surface area contributed by atoms with E-state index < -0.39 is 35.2 Å². The Balaban J connectivity index is 1.71. The number of hydrogen-bond donors (Lipinski definition) is 1. The fraction of sp³-hybridized carbons (Fsp3) is 0.0556. The van der Waals surface area contributed by atoms with Gasteiger partial charge in [-0.1, -0.05) is 28.1 Å². The molecule has 1 aliphatic rings. The SMILES string of the molecule is O=C(CN1C(=O)S/C(=C/c2cccc(Br)c2)C1=O)Nc1ccc(F)cc1F.